The molecule has 0 amide bonds. The lowest BCUT2D eigenvalue weighted by molar-refractivity contribution is 0.0972. The molecule has 1 aliphatic carbocycles. The summed E-state index contributed by atoms with van der Waals surface area (Å²) in [6, 6.07) is 10.4. The minimum absolute atomic E-state index is 0.186. The third-order valence-corrected chi connectivity index (χ3v) is 4.23. The summed E-state index contributed by atoms with van der Waals surface area (Å²) in [5, 5.41) is 0. The molecule has 0 aliphatic heterocycles. The smallest absolute Gasteiger partial charge is 0.163 e. The minimum atomic E-state index is -0.293. The number of carbonyl (C=O) groups excluding carboxylic acids is 1. The van der Waals surface area contributed by atoms with Gasteiger partial charge in [0.05, 0.1) is 4.47 Å². The quantitative estimate of drug-likeness (QED) is 0.804. The molecule has 4 heteroatoms. The predicted octanol–water partition coefficient (Wildman–Crippen LogP) is 4.69. The molecule has 3 rings (SSSR count). The molecule has 21 heavy (non-hydrogen) atoms. The minimum Gasteiger partial charge on any atom is -0.489 e. The van der Waals surface area contributed by atoms with Crippen molar-refractivity contribution in [2.24, 2.45) is 0 Å². The summed E-state index contributed by atoms with van der Waals surface area (Å²) in [4.78, 5) is 11.9. The van der Waals surface area contributed by atoms with Gasteiger partial charge in [-0.25, -0.2) is 4.39 Å². The average molecular weight is 349 g/mol. The van der Waals surface area contributed by atoms with E-state index in [1.807, 2.05) is 18.2 Å². The van der Waals surface area contributed by atoms with E-state index in [1.54, 1.807) is 12.1 Å². The Hall–Kier alpha value is -1.68. The molecule has 0 fully saturated rings. The molecule has 0 bridgehead atoms. The number of ketones is 1. The summed E-state index contributed by atoms with van der Waals surface area (Å²) in [5.41, 5.74) is 2.74. The van der Waals surface area contributed by atoms with Crippen LogP contribution >= 0.6 is 15.9 Å². The Morgan fingerprint density at radius 2 is 2.00 bits per heavy atom. The van der Waals surface area contributed by atoms with Crippen molar-refractivity contribution < 1.29 is 13.9 Å². The molecule has 0 radical (unpaired) electrons. The van der Waals surface area contributed by atoms with Crippen molar-refractivity contribution in [2.45, 2.75) is 25.9 Å². The maximum atomic E-state index is 13.2. The summed E-state index contributed by atoms with van der Waals surface area (Å²) in [6.45, 7) is 0.339. The first-order chi connectivity index (χ1) is 10.1. The molecule has 0 spiro atoms. The molecule has 0 saturated carbocycles. The van der Waals surface area contributed by atoms with Gasteiger partial charge in [-0.2, -0.15) is 0 Å². The van der Waals surface area contributed by atoms with Crippen LogP contribution in [0.25, 0.3) is 0 Å². The van der Waals surface area contributed by atoms with Crippen LogP contribution in [0.15, 0.2) is 40.9 Å². The Labute approximate surface area is 131 Å². The molecule has 0 aromatic heterocycles. The zero-order valence-corrected chi connectivity index (χ0v) is 13.0. The molecule has 0 N–H and O–H groups in total. The first-order valence-electron chi connectivity index (χ1n) is 6.86. The third-order valence-electron chi connectivity index (χ3n) is 3.62. The van der Waals surface area contributed by atoms with E-state index in [4.69, 9.17) is 4.74 Å². The molecule has 0 atom stereocenters. The summed E-state index contributed by atoms with van der Waals surface area (Å²) < 4.78 is 19.3. The molecule has 0 saturated heterocycles. The van der Waals surface area contributed by atoms with Gasteiger partial charge in [0, 0.05) is 12.0 Å². The number of rotatable bonds is 3. The second kappa shape index (κ2) is 5.98. The van der Waals surface area contributed by atoms with E-state index < -0.39 is 0 Å². The van der Waals surface area contributed by atoms with E-state index in [1.165, 1.54) is 6.07 Å². The van der Waals surface area contributed by atoms with Gasteiger partial charge in [-0.1, -0.05) is 12.1 Å². The summed E-state index contributed by atoms with van der Waals surface area (Å²) in [7, 11) is 0. The van der Waals surface area contributed by atoms with Crippen LogP contribution in [-0.2, 0) is 13.0 Å². The summed E-state index contributed by atoms with van der Waals surface area (Å²) >= 11 is 3.15. The van der Waals surface area contributed by atoms with Gasteiger partial charge in [-0.3, -0.25) is 4.79 Å². The predicted molar refractivity (Wildman–Crippen MR) is 82.1 cm³/mol. The maximum absolute atomic E-state index is 13.2. The van der Waals surface area contributed by atoms with Crippen LogP contribution in [-0.4, -0.2) is 5.78 Å². The number of hydrogen-bond acceptors (Lipinski definition) is 2. The van der Waals surface area contributed by atoms with Crippen molar-refractivity contribution >= 4 is 21.7 Å². The summed E-state index contributed by atoms with van der Waals surface area (Å²) in [5.74, 6) is 0.564. The number of carbonyl (C=O) groups is 1. The fourth-order valence-electron chi connectivity index (χ4n) is 2.49. The highest BCUT2D eigenvalue weighted by Crippen LogP contribution is 2.26. The van der Waals surface area contributed by atoms with Gasteiger partial charge >= 0.3 is 0 Å². The molecule has 0 unspecified atom stereocenters. The van der Waals surface area contributed by atoms with Crippen molar-refractivity contribution in [2.75, 3.05) is 0 Å². The monoisotopic (exact) mass is 348 g/mol. The van der Waals surface area contributed by atoms with Crippen LogP contribution in [0.5, 0.6) is 5.75 Å². The molecule has 108 valence electrons. The number of ether oxygens (including phenoxy) is 1. The van der Waals surface area contributed by atoms with Gasteiger partial charge < -0.3 is 4.74 Å². The van der Waals surface area contributed by atoms with Crippen molar-refractivity contribution in [3.8, 4) is 5.75 Å². The van der Waals surface area contributed by atoms with Gasteiger partial charge in [0.25, 0.3) is 0 Å². The Morgan fingerprint density at radius 3 is 2.81 bits per heavy atom. The standard InChI is InChI=1S/C17H14BrFO2/c18-15-8-11(4-7-16(15)19)10-21-13-6-5-12-2-1-3-17(20)14(12)9-13/h4-9H,1-3,10H2. The third kappa shape index (κ3) is 3.16. The van der Waals surface area contributed by atoms with Crippen LogP contribution in [0.4, 0.5) is 4.39 Å². The SMILES string of the molecule is O=C1CCCc2ccc(OCc3ccc(F)c(Br)c3)cc21. The second-order valence-electron chi connectivity index (χ2n) is 5.13. The van der Waals surface area contributed by atoms with Crippen LogP contribution in [0.3, 0.4) is 0 Å². The topological polar surface area (TPSA) is 26.3 Å². The number of benzene rings is 2. The number of fused-ring (bicyclic) bond motifs is 1. The largest absolute Gasteiger partial charge is 0.489 e. The Balaban J connectivity index is 1.75. The fraction of sp³-hybridized carbons (Fsp3) is 0.235. The van der Waals surface area contributed by atoms with E-state index in [-0.39, 0.29) is 11.6 Å². The van der Waals surface area contributed by atoms with E-state index >= 15 is 0 Å². The lowest BCUT2D eigenvalue weighted by Crippen LogP contribution is -2.10. The van der Waals surface area contributed by atoms with Gasteiger partial charge in [0.1, 0.15) is 18.2 Å². The Bertz CT molecular complexity index is 697. The number of aryl methyl sites for hydroxylation is 1. The molecule has 1 aliphatic rings. The van der Waals surface area contributed by atoms with E-state index in [0.29, 0.717) is 23.2 Å². The maximum Gasteiger partial charge on any atom is 0.163 e. The average Bonchev–Trinajstić information content (AvgIpc) is 2.49. The van der Waals surface area contributed by atoms with Crippen molar-refractivity contribution in [1.29, 1.82) is 0 Å². The van der Waals surface area contributed by atoms with Crippen molar-refractivity contribution in [3.63, 3.8) is 0 Å². The molecular formula is C17H14BrFO2. The zero-order valence-electron chi connectivity index (χ0n) is 11.4. The molecule has 0 heterocycles. The molecule has 2 aromatic carbocycles. The lowest BCUT2D eigenvalue weighted by atomic mass is 9.90. The van der Waals surface area contributed by atoms with Crippen molar-refractivity contribution in [1.82, 2.24) is 0 Å². The van der Waals surface area contributed by atoms with Crippen LogP contribution in [0, 0.1) is 5.82 Å². The normalized spacial score (nSPS) is 13.9. The number of Topliss-reactive ketones (excluding diaryl/α,β-unsaturated/α-hetero) is 1. The number of hydrogen-bond donors (Lipinski definition) is 0. The van der Waals surface area contributed by atoms with Crippen LogP contribution < -0.4 is 4.74 Å². The second-order valence-corrected chi connectivity index (χ2v) is 5.99. The van der Waals surface area contributed by atoms with Crippen molar-refractivity contribution in [3.05, 3.63) is 63.4 Å². The first-order valence-corrected chi connectivity index (χ1v) is 7.65. The van der Waals surface area contributed by atoms with Gasteiger partial charge in [0.15, 0.2) is 5.78 Å². The first kappa shape index (κ1) is 14.3. The van der Waals surface area contributed by atoms with Gasteiger partial charge in [-0.05, 0) is 64.2 Å². The lowest BCUT2D eigenvalue weighted by Gasteiger charge is -2.16. The van der Waals surface area contributed by atoms with E-state index in [9.17, 15) is 9.18 Å². The van der Waals surface area contributed by atoms with Gasteiger partial charge in [0.2, 0.25) is 0 Å². The zero-order chi connectivity index (χ0) is 14.8. The van der Waals surface area contributed by atoms with Crippen LogP contribution in [0.2, 0.25) is 0 Å². The molecule has 2 nitrogen and oxygen atoms in total. The molecule has 2 aromatic rings. The fourth-order valence-corrected chi connectivity index (χ4v) is 2.92. The summed E-state index contributed by atoms with van der Waals surface area (Å²) in [6.07, 6.45) is 2.49. The van der Waals surface area contributed by atoms with E-state index in [0.717, 1.165) is 29.5 Å². The Morgan fingerprint density at radius 1 is 1.14 bits per heavy atom. The highest BCUT2D eigenvalue weighted by atomic mass is 79.9. The highest BCUT2D eigenvalue weighted by Gasteiger charge is 2.17. The Kier molecular flexibility index (Phi) is 4.06. The van der Waals surface area contributed by atoms with Gasteiger partial charge in [-0.15, -0.1) is 0 Å². The van der Waals surface area contributed by atoms with E-state index in [2.05, 4.69) is 15.9 Å². The highest BCUT2D eigenvalue weighted by molar-refractivity contribution is 9.10. The van der Waals surface area contributed by atoms with Crippen LogP contribution in [0.1, 0.15) is 34.3 Å². The molecular weight excluding hydrogens is 335 g/mol. The number of halogens is 2.